The third-order valence-corrected chi connectivity index (χ3v) is 2.70. The largest absolute Gasteiger partial charge is 0.469 e. The molecule has 0 aliphatic carbocycles. The summed E-state index contributed by atoms with van der Waals surface area (Å²) >= 11 is 0. The lowest BCUT2D eigenvalue weighted by Gasteiger charge is -2.28. The number of ether oxygens (including phenoxy) is 2. The molecule has 1 rings (SSSR count). The second kappa shape index (κ2) is 6.96. The van der Waals surface area contributed by atoms with E-state index in [1.165, 1.54) is 12.0 Å². The number of methoxy groups -OCH3 is 1. The predicted molar refractivity (Wildman–Crippen MR) is 73.2 cm³/mol. The van der Waals surface area contributed by atoms with Crippen LogP contribution in [0.3, 0.4) is 0 Å². The van der Waals surface area contributed by atoms with Gasteiger partial charge in [0.1, 0.15) is 5.60 Å². The van der Waals surface area contributed by atoms with Crippen LogP contribution in [0.5, 0.6) is 0 Å². The molecule has 0 radical (unpaired) electrons. The number of halogens is 1. The Balaban J connectivity index is 0.00000324. The van der Waals surface area contributed by atoms with Crippen LogP contribution in [0, 0.1) is 0 Å². The van der Waals surface area contributed by atoms with E-state index in [0.717, 1.165) is 0 Å². The molecule has 1 aliphatic rings. The van der Waals surface area contributed by atoms with Crippen LogP contribution < -0.4 is 5.73 Å². The Hall–Kier alpha value is -1.01. The maximum Gasteiger partial charge on any atom is 0.410 e. The minimum atomic E-state index is -0.556. The number of carbonyl (C=O) groups excluding carboxylic acids is 2. The number of likely N-dealkylation sites (tertiary alicyclic amines) is 1. The third-order valence-electron chi connectivity index (χ3n) is 2.70. The molecule has 1 amide bonds. The number of hydrogen-bond acceptors (Lipinski definition) is 5. The number of esters is 1. The fourth-order valence-electron chi connectivity index (χ4n) is 1.97. The van der Waals surface area contributed by atoms with E-state index < -0.39 is 11.7 Å². The van der Waals surface area contributed by atoms with Crippen LogP contribution in [-0.2, 0) is 14.3 Å². The van der Waals surface area contributed by atoms with Gasteiger partial charge in [-0.25, -0.2) is 4.79 Å². The summed E-state index contributed by atoms with van der Waals surface area (Å²) in [7, 11) is 1.33. The molecule has 2 N–H and O–H groups in total. The van der Waals surface area contributed by atoms with E-state index in [9.17, 15) is 9.59 Å². The van der Waals surface area contributed by atoms with Crippen molar-refractivity contribution in [1.29, 1.82) is 0 Å². The summed E-state index contributed by atoms with van der Waals surface area (Å²) in [5.41, 5.74) is 5.28. The molecule has 2 atom stereocenters. The first-order valence-electron chi connectivity index (χ1n) is 6.05. The first-order valence-corrected chi connectivity index (χ1v) is 6.05. The number of hydrogen-bond donors (Lipinski definition) is 1. The van der Waals surface area contributed by atoms with Crippen LogP contribution in [0.4, 0.5) is 4.79 Å². The van der Waals surface area contributed by atoms with Crippen LogP contribution in [0.15, 0.2) is 0 Å². The van der Waals surface area contributed by atoms with Crippen LogP contribution in [-0.4, -0.2) is 48.3 Å². The Kier molecular flexibility index (Phi) is 6.59. The van der Waals surface area contributed by atoms with Gasteiger partial charge in [0.05, 0.1) is 13.5 Å². The molecular weight excluding hydrogens is 272 g/mol. The highest BCUT2D eigenvalue weighted by Gasteiger charge is 2.37. The van der Waals surface area contributed by atoms with Crippen molar-refractivity contribution in [2.75, 3.05) is 13.7 Å². The molecule has 1 aliphatic heterocycles. The zero-order chi connectivity index (χ0) is 13.9. The van der Waals surface area contributed by atoms with Gasteiger partial charge in [0.25, 0.3) is 0 Å². The minimum absolute atomic E-state index is 0. The zero-order valence-electron chi connectivity index (χ0n) is 11.8. The molecule has 0 aromatic carbocycles. The van der Waals surface area contributed by atoms with Gasteiger partial charge in [-0.15, -0.1) is 12.4 Å². The number of carbonyl (C=O) groups is 2. The van der Waals surface area contributed by atoms with Gasteiger partial charge in [-0.3, -0.25) is 4.79 Å². The van der Waals surface area contributed by atoms with Crippen molar-refractivity contribution < 1.29 is 19.1 Å². The fraction of sp³-hybridized carbons (Fsp3) is 0.833. The number of nitrogens with zero attached hydrogens (tertiary/aromatic N) is 1. The normalized spacial score (nSPS) is 22.7. The van der Waals surface area contributed by atoms with Gasteiger partial charge < -0.3 is 20.1 Å². The van der Waals surface area contributed by atoms with Gasteiger partial charge in [0.15, 0.2) is 0 Å². The Morgan fingerprint density at radius 1 is 1.37 bits per heavy atom. The topological polar surface area (TPSA) is 81.9 Å². The maximum atomic E-state index is 12.0. The van der Waals surface area contributed by atoms with Gasteiger partial charge in [0.2, 0.25) is 0 Å². The van der Waals surface area contributed by atoms with E-state index in [4.69, 9.17) is 10.5 Å². The second-order valence-electron chi connectivity index (χ2n) is 5.56. The minimum Gasteiger partial charge on any atom is -0.469 e. The van der Waals surface area contributed by atoms with Gasteiger partial charge in [0, 0.05) is 18.6 Å². The number of rotatable bonds is 2. The standard InChI is InChI=1S/C12H22N2O4.ClH/c1-12(2,3)18-11(16)14-7-8(13)5-9(14)6-10(15)17-4;/h8-9H,5-7,13H2,1-4H3;1H/t8-,9+;/m0./s1. The SMILES string of the molecule is COC(=O)C[C@H]1C[C@H](N)CN1C(=O)OC(C)(C)C.Cl. The van der Waals surface area contributed by atoms with Crippen molar-refractivity contribution in [3.05, 3.63) is 0 Å². The van der Waals surface area contributed by atoms with Crippen molar-refractivity contribution >= 4 is 24.5 Å². The van der Waals surface area contributed by atoms with E-state index in [1.807, 2.05) is 0 Å². The third kappa shape index (κ3) is 5.65. The van der Waals surface area contributed by atoms with Crippen LogP contribution in [0.2, 0.25) is 0 Å². The Morgan fingerprint density at radius 2 is 1.95 bits per heavy atom. The molecule has 0 bridgehead atoms. The molecule has 112 valence electrons. The van der Waals surface area contributed by atoms with Crippen LogP contribution in [0.25, 0.3) is 0 Å². The lowest BCUT2D eigenvalue weighted by Crippen LogP contribution is -2.41. The lowest BCUT2D eigenvalue weighted by atomic mass is 10.1. The molecule has 0 aromatic rings. The smallest absolute Gasteiger partial charge is 0.410 e. The highest BCUT2D eigenvalue weighted by Crippen LogP contribution is 2.22. The summed E-state index contributed by atoms with van der Waals surface area (Å²) in [5.74, 6) is -0.345. The number of nitrogens with two attached hydrogens (primary N) is 1. The molecule has 0 saturated carbocycles. The highest BCUT2D eigenvalue weighted by molar-refractivity contribution is 5.85. The highest BCUT2D eigenvalue weighted by atomic mass is 35.5. The average molecular weight is 295 g/mol. The summed E-state index contributed by atoms with van der Waals surface area (Å²) in [6.07, 6.45) is 0.321. The quantitative estimate of drug-likeness (QED) is 0.777. The molecular formula is C12H23ClN2O4. The maximum absolute atomic E-state index is 12.0. The first kappa shape index (κ1) is 18.0. The second-order valence-corrected chi connectivity index (χ2v) is 5.56. The van der Waals surface area contributed by atoms with Crippen molar-refractivity contribution in [2.45, 2.75) is 51.3 Å². The molecule has 0 aromatic heterocycles. The van der Waals surface area contributed by atoms with E-state index >= 15 is 0 Å². The zero-order valence-corrected chi connectivity index (χ0v) is 12.7. The van der Waals surface area contributed by atoms with Crippen molar-refractivity contribution in [3.8, 4) is 0 Å². The fourth-order valence-corrected chi connectivity index (χ4v) is 1.97. The summed E-state index contributed by atoms with van der Waals surface area (Å²) in [4.78, 5) is 24.8. The summed E-state index contributed by atoms with van der Waals surface area (Å²) in [5, 5.41) is 0. The molecule has 0 unspecified atom stereocenters. The number of amides is 1. The van der Waals surface area contributed by atoms with Crippen molar-refractivity contribution in [1.82, 2.24) is 4.90 Å². The Labute approximate surface area is 120 Å². The Morgan fingerprint density at radius 3 is 2.42 bits per heavy atom. The van der Waals surface area contributed by atoms with E-state index in [-0.39, 0.29) is 36.9 Å². The average Bonchev–Trinajstić information content (AvgIpc) is 2.56. The molecule has 6 nitrogen and oxygen atoms in total. The van der Waals surface area contributed by atoms with Gasteiger partial charge in [-0.2, -0.15) is 0 Å². The van der Waals surface area contributed by atoms with E-state index in [0.29, 0.717) is 13.0 Å². The predicted octanol–water partition coefficient (Wildman–Crippen LogP) is 1.31. The molecule has 19 heavy (non-hydrogen) atoms. The van der Waals surface area contributed by atoms with E-state index in [2.05, 4.69) is 4.74 Å². The lowest BCUT2D eigenvalue weighted by molar-refractivity contribution is -0.141. The van der Waals surface area contributed by atoms with Crippen molar-refractivity contribution in [3.63, 3.8) is 0 Å². The van der Waals surface area contributed by atoms with Crippen LogP contribution >= 0.6 is 12.4 Å². The summed E-state index contributed by atoms with van der Waals surface area (Å²) in [6.45, 7) is 5.82. The molecule has 7 heteroatoms. The van der Waals surface area contributed by atoms with Gasteiger partial charge in [-0.05, 0) is 27.2 Å². The summed E-state index contributed by atoms with van der Waals surface area (Å²) in [6, 6.07) is -0.352. The van der Waals surface area contributed by atoms with E-state index in [1.54, 1.807) is 20.8 Å². The van der Waals surface area contributed by atoms with Gasteiger partial charge in [-0.1, -0.05) is 0 Å². The van der Waals surface area contributed by atoms with Crippen molar-refractivity contribution in [2.24, 2.45) is 5.73 Å². The van der Waals surface area contributed by atoms with Gasteiger partial charge >= 0.3 is 12.1 Å². The Bertz CT molecular complexity index is 330. The molecule has 1 fully saturated rings. The monoisotopic (exact) mass is 294 g/mol. The first-order chi connectivity index (χ1) is 8.23. The summed E-state index contributed by atoms with van der Waals surface area (Å²) < 4.78 is 9.91. The molecule has 1 saturated heterocycles. The molecule has 0 spiro atoms. The molecule has 1 heterocycles. The van der Waals surface area contributed by atoms with Crippen LogP contribution in [0.1, 0.15) is 33.6 Å².